The maximum Gasteiger partial charge on any atom is 0.416 e. The van der Waals surface area contributed by atoms with E-state index in [0.717, 1.165) is 23.8 Å². The number of benzene rings is 2. The zero-order chi connectivity index (χ0) is 22.6. The van der Waals surface area contributed by atoms with Gasteiger partial charge in [0, 0.05) is 17.3 Å². The molecular weight excluding hydrogens is 411 g/mol. The summed E-state index contributed by atoms with van der Waals surface area (Å²) in [7, 11) is 0. The van der Waals surface area contributed by atoms with Gasteiger partial charge < -0.3 is 15.5 Å². The third-order valence-corrected chi connectivity index (χ3v) is 4.78. The normalized spacial score (nSPS) is 13.4. The van der Waals surface area contributed by atoms with Crippen LogP contribution in [0.15, 0.2) is 48.5 Å². The molecule has 2 N–H and O–H groups in total. The number of aryl methyl sites for hydroxylation is 1. The molecule has 0 spiro atoms. The minimum Gasteiger partial charge on any atom is -0.345 e. The van der Waals surface area contributed by atoms with Gasteiger partial charge in [0.15, 0.2) is 0 Å². The molecule has 1 fully saturated rings. The van der Waals surface area contributed by atoms with Crippen molar-refractivity contribution in [3.63, 3.8) is 0 Å². The Morgan fingerprint density at radius 1 is 1.03 bits per heavy atom. The van der Waals surface area contributed by atoms with Crippen molar-refractivity contribution in [2.75, 3.05) is 18.4 Å². The Morgan fingerprint density at radius 3 is 2.32 bits per heavy atom. The maximum atomic E-state index is 12.9. The second kappa shape index (κ2) is 9.20. The molecule has 6 nitrogen and oxygen atoms in total. The molecule has 1 saturated carbocycles. The van der Waals surface area contributed by atoms with Crippen LogP contribution in [0.5, 0.6) is 0 Å². The van der Waals surface area contributed by atoms with Crippen LogP contribution in [-0.2, 0) is 15.8 Å². The van der Waals surface area contributed by atoms with Gasteiger partial charge in [0.1, 0.15) is 6.54 Å². The summed E-state index contributed by atoms with van der Waals surface area (Å²) in [6.45, 7) is 1.29. The van der Waals surface area contributed by atoms with E-state index in [0.29, 0.717) is 18.5 Å². The molecule has 9 heteroatoms. The van der Waals surface area contributed by atoms with Crippen LogP contribution in [-0.4, -0.2) is 41.8 Å². The van der Waals surface area contributed by atoms with Gasteiger partial charge in [-0.3, -0.25) is 14.4 Å². The Kier molecular flexibility index (Phi) is 6.62. The van der Waals surface area contributed by atoms with Gasteiger partial charge in [0.05, 0.1) is 12.1 Å². The molecule has 1 aliphatic carbocycles. The topological polar surface area (TPSA) is 78.5 Å². The number of halogens is 3. The smallest absolute Gasteiger partial charge is 0.345 e. The van der Waals surface area contributed by atoms with Crippen molar-refractivity contribution in [1.82, 2.24) is 10.2 Å². The first kappa shape index (κ1) is 22.3. The van der Waals surface area contributed by atoms with E-state index < -0.39 is 29.5 Å². The molecule has 2 aromatic carbocycles. The fourth-order valence-electron chi connectivity index (χ4n) is 2.98. The molecule has 0 aromatic heterocycles. The fourth-order valence-corrected chi connectivity index (χ4v) is 2.98. The number of carbonyl (C=O) groups is 3. The quantitative estimate of drug-likeness (QED) is 0.703. The van der Waals surface area contributed by atoms with Gasteiger partial charge >= 0.3 is 6.18 Å². The van der Waals surface area contributed by atoms with E-state index in [1.807, 2.05) is 19.1 Å². The van der Waals surface area contributed by atoms with Gasteiger partial charge in [0.2, 0.25) is 11.8 Å². The summed E-state index contributed by atoms with van der Waals surface area (Å²) in [5.74, 6) is -1.64. The van der Waals surface area contributed by atoms with Crippen molar-refractivity contribution in [3.8, 4) is 0 Å². The Bertz CT molecular complexity index is 970. The summed E-state index contributed by atoms with van der Waals surface area (Å²) < 4.78 is 38.8. The third kappa shape index (κ3) is 6.31. The molecule has 3 amide bonds. The minimum atomic E-state index is -4.57. The second-order valence-corrected chi connectivity index (χ2v) is 7.43. The Hall–Kier alpha value is -3.36. The van der Waals surface area contributed by atoms with Crippen LogP contribution < -0.4 is 10.6 Å². The molecule has 0 unspecified atom stereocenters. The van der Waals surface area contributed by atoms with Gasteiger partial charge in [-0.25, -0.2) is 0 Å². The van der Waals surface area contributed by atoms with Gasteiger partial charge in [0.25, 0.3) is 5.91 Å². The highest BCUT2D eigenvalue weighted by atomic mass is 19.4. The zero-order valence-electron chi connectivity index (χ0n) is 16.8. The molecule has 1 aliphatic rings. The van der Waals surface area contributed by atoms with Crippen molar-refractivity contribution >= 4 is 23.4 Å². The Balaban J connectivity index is 1.57. The lowest BCUT2D eigenvalue weighted by Crippen LogP contribution is -2.44. The van der Waals surface area contributed by atoms with Gasteiger partial charge in [-0.2, -0.15) is 13.2 Å². The predicted octanol–water partition coefficient (Wildman–Crippen LogP) is 3.37. The lowest BCUT2D eigenvalue weighted by Gasteiger charge is -2.22. The van der Waals surface area contributed by atoms with Crippen molar-refractivity contribution in [2.45, 2.75) is 32.0 Å². The first-order valence-corrected chi connectivity index (χ1v) is 9.75. The van der Waals surface area contributed by atoms with Crippen molar-refractivity contribution in [3.05, 3.63) is 65.2 Å². The summed E-state index contributed by atoms with van der Waals surface area (Å²) in [6.07, 6.45) is -3.22. The highest BCUT2D eigenvalue weighted by Crippen LogP contribution is 2.31. The van der Waals surface area contributed by atoms with Crippen LogP contribution >= 0.6 is 0 Å². The van der Waals surface area contributed by atoms with E-state index in [1.54, 1.807) is 12.1 Å². The van der Waals surface area contributed by atoms with Crippen LogP contribution in [0.25, 0.3) is 0 Å². The number of alkyl halides is 3. The number of hydrogen-bond acceptors (Lipinski definition) is 3. The fraction of sp³-hybridized carbons (Fsp3) is 0.318. The van der Waals surface area contributed by atoms with Crippen LogP contribution in [0.1, 0.15) is 34.3 Å². The zero-order valence-corrected chi connectivity index (χ0v) is 16.8. The van der Waals surface area contributed by atoms with E-state index in [1.165, 1.54) is 11.0 Å². The molecule has 164 valence electrons. The molecule has 0 saturated heterocycles. The second-order valence-electron chi connectivity index (χ2n) is 7.43. The number of amides is 3. The Labute approximate surface area is 177 Å². The summed E-state index contributed by atoms with van der Waals surface area (Å²) in [5, 5.41) is 5.09. The summed E-state index contributed by atoms with van der Waals surface area (Å²) >= 11 is 0. The van der Waals surface area contributed by atoms with Gasteiger partial charge in [-0.15, -0.1) is 0 Å². The molecule has 2 aromatic rings. The van der Waals surface area contributed by atoms with Crippen molar-refractivity contribution in [2.24, 2.45) is 0 Å². The van der Waals surface area contributed by atoms with E-state index in [-0.39, 0.29) is 24.7 Å². The van der Waals surface area contributed by atoms with Gasteiger partial charge in [-0.1, -0.05) is 23.8 Å². The monoisotopic (exact) mass is 433 g/mol. The van der Waals surface area contributed by atoms with E-state index in [2.05, 4.69) is 10.6 Å². The number of nitrogens with one attached hydrogen (secondary N) is 2. The maximum absolute atomic E-state index is 12.9. The minimum absolute atomic E-state index is 0.133. The third-order valence-electron chi connectivity index (χ3n) is 4.78. The molecule has 0 aliphatic heterocycles. The van der Waals surface area contributed by atoms with E-state index >= 15 is 0 Å². The lowest BCUT2D eigenvalue weighted by atomic mass is 10.1. The predicted molar refractivity (Wildman–Crippen MR) is 108 cm³/mol. The number of hydrogen-bond donors (Lipinski definition) is 2. The average Bonchev–Trinajstić information content (AvgIpc) is 3.56. The molecule has 31 heavy (non-hydrogen) atoms. The largest absolute Gasteiger partial charge is 0.416 e. The first-order valence-electron chi connectivity index (χ1n) is 9.75. The number of anilines is 1. The number of nitrogens with zero attached hydrogens (tertiary/aromatic N) is 1. The standard InChI is InChI=1S/C22H22F3N3O3/c1-14-5-7-17(8-6-14)27-19(29)12-26-20(30)13-28(18-9-10-18)21(31)15-3-2-4-16(11-15)22(23,24)25/h2-8,11,18H,9-10,12-13H2,1H3,(H,26,30)(H,27,29). The van der Waals surface area contributed by atoms with Crippen molar-refractivity contribution in [1.29, 1.82) is 0 Å². The highest BCUT2D eigenvalue weighted by Gasteiger charge is 2.36. The number of rotatable bonds is 7. The highest BCUT2D eigenvalue weighted by molar-refractivity contribution is 5.98. The van der Waals surface area contributed by atoms with Crippen LogP contribution in [0, 0.1) is 6.92 Å². The molecule has 0 radical (unpaired) electrons. The summed E-state index contributed by atoms with van der Waals surface area (Å²) in [5.41, 5.74) is 0.569. The van der Waals surface area contributed by atoms with Crippen LogP contribution in [0.4, 0.5) is 18.9 Å². The van der Waals surface area contributed by atoms with E-state index in [4.69, 9.17) is 0 Å². The van der Waals surface area contributed by atoms with E-state index in [9.17, 15) is 27.6 Å². The molecule has 0 bridgehead atoms. The number of carbonyl (C=O) groups excluding carboxylic acids is 3. The lowest BCUT2D eigenvalue weighted by molar-refractivity contribution is -0.137. The SMILES string of the molecule is Cc1ccc(NC(=O)CNC(=O)CN(C(=O)c2cccc(C(F)(F)F)c2)C2CC2)cc1. The summed E-state index contributed by atoms with van der Waals surface area (Å²) in [4.78, 5) is 38.3. The summed E-state index contributed by atoms with van der Waals surface area (Å²) in [6, 6.07) is 11.1. The van der Waals surface area contributed by atoms with Crippen molar-refractivity contribution < 1.29 is 27.6 Å². The van der Waals surface area contributed by atoms with Crippen LogP contribution in [0.2, 0.25) is 0 Å². The molecule has 3 rings (SSSR count). The van der Waals surface area contributed by atoms with Crippen LogP contribution in [0.3, 0.4) is 0 Å². The molecule has 0 heterocycles. The average molecular weight is 433 g/mol. The molecule has 0 atom stereocenters. The Morgan fingerprint density at radius 2 is 1.71 bits per heavy atom. The first-order chi connectivity index (χ1) is 14.6. The van der Waals surface area contributed by atoms with Gasteiger partial charge in [-0.05, 0) is 50.1 Å². The molecular formula is C22H22F3N3O3.